The van der Waals surface area contributed by atoms with Crippen molar-refractivity contribution in [3.05, 3.63) is 42.2 Å². The third-order valence-electron chi connectivity index (χ3n) is 2.47. The predicted molar refractivity (Wildman–Crippen MR) is 71.5 cm³/mol. The fourth-order valence-electron chi connectivity index (χ4n) is 1.55. The summed E-state index contributed by atoms with van der Waals surface area (Å²) >= 11 is 0. The number of hydrogen-bond donors (Lipinski definition) is 2. The van der Waals surface area contributed by atoms with E-state index in [1.165, 1.54) is 0 Å². The smallest absolute Gasteiger partial charge is 0.215 e. The zero-order valence-electron chi connectivity index (χ0n) is 10.2. The molecule has 0 radical (unpaired) electrons. The molecule has 3 N–H and O–H groups in total. The molecule has 1 aromatic carbocycles. The molecule has 102 valence electrons. The van der Waals surface area contributed by atoms with Crippen molar-refractivity contribution in [2.24, 2.45) is 0 Å². The van der Waals surface area contributed by atoms with Gasteiger partial charge in [-0.1, -0.05) is 17.3 Å². The molecule has 8 heteroatoms. The van der Waals surface area contributed by atoms with Gasteiger partial charge in [0.05, 0.1) is 18.5 Å². The number of nitrogens with one attached hydrogen (secondary N) is 1. The number of anilines is 1. The lowest BCUT2D eigenvalue weighted by atomic mass is 10.2. The van der Waals surface area contributed by atoms with E-state index in [1.54, 1.807) is 41.3 Å². The number of rotatable bonds is 6. The normalized spacial score (nSPS) is 11.6. The van der Waals surface area contributed by atoms with Crippen molar-refractivity contribution in [3.8, 4) is 0 Å². The van der Waals surface area contributed by atoms with Gasteiger partial charge in [0.25, 0.3) is 0 Å². The van der Waals surface area contributed by atoms with Crippen LogP contribution in [0.25, 0.3) is 0 Å². The molecule has 0 saturated carbocycles. The molecule has 0 saturated heterocycles. The Morgan fingerprint density at radius 2 is 2.00 bits per heavy atom. The minimum Gasteiger partial charge on any atom is -0.399 e. The summed E-state index contributed by atoms with van der Waals surface area (Å²) in [5.74, 6) is -0.0648. The molecule has 0 fully saturated rings. The van der Waals surface area contributed by atoms with Crippen LogP contribution in [0.1, 0.15) is 5.56 Å². The van der Waals surface area contributed by atoms with Crippen LogP contribution in [0.4, 0.5) is 5.69 Å². The molecule has 0 unspecified atom stereocenters. The van der Waals surface area contributed by atoms with Gasteiger partial charge in [0, 0.05) is 18.4 Å². The maximum Gasteiger partial charge on any atom is 0.215 e. The first kappa shape index (κ1) is 13.5. The third-order valence-corrected chi connectivity index (χ3v) is 3.83. The molecule has 0 amide bonds. The Balaban J connectivity index is 1.86. The van der Waals surface area contributed by atoms with E-state index in [0.717, 1.165) is 0 Å². The second-order valence-electron chi connectivity index (χ2n) is 4.06. The maximum absolute atomic E-state index is 11.8. The van der Waals surface area contributed by atoms with Crippen molar-refractivity contribution in [1.29, 1.82) is 0 Å². The largest absolute Gasteiger partial charge is 0.399 e. The van der Waals surface area contributed by atoms with Crippen molar-refractivity contribution in [2.75, 3.05) is 12.3 Å². The molecular weight excluding hydrogens is 266 g/mol. The first-order valence-corrected chi connectivity index (χ1v) is 7.36. The van der Waals surface area contributed by atoms with E-state index in [-0.39, 0.29) is 12.3 Å². The summed E-state index contributed by atoms with van der Waals surface area (Å²) in [4.78, 5) is 0. The quantitative estimate of drug-likeness (QED) is 0.724. The predicted octanol–water partition coefficient (Wildman–Crippen LogP) is -0.0201. The highest BCUT2D eigenvalue weighted by atomic mass is 32.2. The van der Waals surface area contributed by atoms with E-state index in [0.29, 0.717) is 17.8 Å². The Morgan fingerprint density at radius 3 is 2.63 bits per heavy atom. The summed E-state index contributed by atoms with van der Waals surface area (Å²) in [5, 5.41) is 7.38. The van der Waals surface area contributed by atoms with E-state index >= 15 is 0 Å². The number of nitrogens with zero attached hydrogens (tertiary/aromatic N) is 3. The molecule has 0 atom stereocenters. The molecule has 0 aliphatic rings. The third kappa shape index (κ3) is 4.34. The molecule has 7 nitrogen and oxygen atoms in total. The Hall–Kier alpha value is -1.93. The zero-order valence-corrected chi connectivity index (χ0v) is 11.0. The van der Waals surface area contributed by atoms with Gasteiger partial charge >= 0.3 is 0 Å². The Bertz CT molecular complexity index is 607. The second-order valence-corrected chi connectivity index (χ2v) is 5.87. The summed E-state index contributed by atoms with van der Waals surface area (Å²) in [6, 6.07) is 6.76. The lowest BCUT2D eigenvalue weighted by molar-refractivity contribution is 0.552. The number of benzene rings is 1. The average molecular weight is 281 g/mol. The van der Waals surface area contributed by atoms with Crippen LogP contribution >= 0.6 is 0 Å². The van der Waals surface area contributed by atoms with Crippen LogP contribution in [0.3, 0.4) is 0 Å². The highest BCUT2D eigenvalue weighted by Crippen LogP contribution is 2.08. The SMILES string of the molecule is Nc1ccc(CS(=O)(=O)NCCn2ccnn2)cc1. The van der Waals surface area contributed by atoms with Gasteiger partial charge in [0.1, 0.15) is 0 Å². The van der Waals surface area contributed by atoms with Gasteiger partial charge in [-0.15, -0.1) is 5.10 Å². The summed E-state index contributed by atoms with van der Waals surface area (Å²) in [7, 11) is -3.35. The van der Waals surface area contributed by atoms with Gasteiger partial charge in [-0.2, -0.15) is 0 Å². The Kier molecular flexibility index (Phi) is 4.13. The summed E-state index contributed by atoms with van der Waals surface area (Å²) in [5.41, 5.74) is 6.85. The van der Waals surface area contributed by atoms with Crippen molar-refractivity contribution >= 4 is 15.7 Å². The molecule has 1 heterocycles. The van der Waals surface area contributed by atoms with Crippen molar-refractivity contribution in [2.45, 2.75) is 12.3 Å². The second kappa shape index (κ2) is 5.81. The highest BCUT2D eigenvalue weighted by molar-refractivity contribution is 7.88. The van der Waals surface area contributed by atoms with Gasteiger partial charge in [0.2, 0.25) is 10.0 Å². The van der Waals surface area contributed by atoms with Crippen LogP contribution in [-0.4, -0.2) is 30.0 Å². The molecule has 0 spiro atoms. The first-order valence-electron chi connectivity index (χ1n) is 5.71. The number of nitrogens with two attached hydrogens (primary N) is 1. The summed E-state index contributed by atoms with van der Waals surface area (Å²) < 4.78 is 27.7. The van der Waals surface area contributed by atoms with Crippen LogP contribution in [-0.2, 0) is 22.3 Å². The topological polar surface area (TPSA) is 103 Å². The number of nitrogen functional groups attached to an aromatic ring is 1. The maximum atomic E-state index is 11.8. The number of sulfonamides is 1. The average Bonchev–Trinajstić information content (AvgIpc) is 2.85. The molecule has 19 heavy (non-hydrogen) atoms. The van der Waals surface area contributed by atoms with Crippen molar-refractivity contribution in [1.82, 2.24) is 19.7 Å². The fraction of sp³-hybridized carbons (Fsp3) is 0.273. The van der Waals surface area contributed by atoms with Gasteiger partial charge in [-0.25, -0.2) is 13.1 Å². The van der Waals surface area contributed by atoms with Gasteiger partial charge in [-0.05, 0) is 17.7 Å². The van der Waals surface area contributed by atoms with Gasteiger partial charge in [0.15, 0.2) is 0 Å². The van der Waals surface area contributed by atoms with Gasteiger partial charge < -0.3 is 5.73 Å². The zero-order chi connectivity index (χ0) is 13.7. The lowest BCUT2D eigenvalue weighted by Gasteiger charge is -2.07. The molecule has 2 aromatic rings. The van der Waals surface area contributed by atoms with E-state index in [9.17, 15) is 8.42 Å². The Morgan fingerprint density at radius 1 is 1.26 bits per heavy atom. The monoisotopic (exact) mass is 281 g/mol. The molecule has 0 aliphatic heterocycles. The standard InChI is InChI=1S/C11H15N5O2S/c12-11-3-1-10(2-4-11)9-19(17,18)14-6-8-16-7-5-13-15-16/h1-5,7,14H,6,8-9,12H2. The van der Waals surface area contributed by atoms with Crippen LogP contribution in [0.15, 0.2) is 36.7 Å². The van der Waals surface area contributed by atoms with Crippen molar-refractivity contribution < 1.29 is 8.42 Å². The van der Waals surface area contributed by atoms with E-state index < -0.39 is 10.0 Å². The lowest BCUT2D eigenvalue weighted by Crippen LogP contribution is -2.28. The highest BCUT2D eigenvalue weighted by Gasteiger charge is 2.10. The molecule has 0 bridgehead atoms. The first-order chi connectivity index (χ1) is 9.05. The number of hydrogen-bond acceptors (Lipinski definition) is 5. The van der Waals surface area contributed by atoms with Crippen LogP contribution in [0.2, 0.25) is 0 Å². The summed E-state index contributed by atoms with van der Waals surface area (Å²) in [6.45, 7) is 0.724. The van der Waals surface area contributed by atoms with Crippen molar-refractivity contribution in [3.63, 3.8) is 0 Å². The minimum atomic E-state index is -3.35. The molecule has 2 rings (SSSR count). The minimum absolute atomic E-state index is 0.0648. The molecule has 0 aliphatic carbocycles. The van der Waals surface area contributed by atoms with Crippen LogP contribution in [0, 0.1) is 0 Å². The fourth-order valence-corrected chi connectivity index (χ4v) is 2.69. The molecular formula is C11H15N5O2S. The molecule has 1 aromatic heterocycles. The van der Waals surface area contributed by atoms with Gasteiger partial charge in [-0.3, -0.25) is 4.68 Å². The van der Waals surface area contributed by atoms with Crippen LogP contribution < -0.4 is 10.5 Å². The Labute approximate surface area is 111 Å². The van der Waals surface area contributed by atoms with E-state index in [1.807, 2.05) is 0 Å². The van der Waals surface area contributed by atoms with Crippen LogP contribution in [0.5, 0.6) is 0 Å². The number of aromatic nitrogens is 3. The summed E-state index contributed by atoms with van der Waals surface area (Å²) in [6.07, 6.45) is 3.22. The van der Waals surface area contributed by atoms with E-state index in [2.05, 4.69) is 15.0 Å². The van der Waals surface area contributed by atoms with E-state index in [4.69, 9.17) is 5.73 Å².